The lowest BCUT2D eigenvalue weighted by Gasteiger charge is -2.25. The van der Waals surface area contributed by atoms with Gasteiger partial charge in [0.1, 0.15) is 4.21 Å². The van der Waals surface area contributed by atoms with E-state index in [1.807, 2.05) is 36.5 Å². The first kappa shape index (κ1) is 20.8. The molecule has 0 radical (unpaired) electrons. The summed E-state index contributed by atoms with van der Waals surface area (Å²) in [5, 5.41) is 7.16. The van der Waals surface area contributed by atoms with Crippen LogP contribution in [-0.4, -0.2) is 41.5 Å². The van der Waals surface area contributed by atoms with Crippen molar-refractivity contribution < 1.29 is 13.2 Å². The Balaban J connectivity index is 1.42. The number of piperidine rings is 1. The van der Waals surface area contributed by atoms with E-state index in [2.05, 4.69) is 10.4 Å². The smallest absolute Gasteiger partial charge is 0.252 e. The van der Waals surface area contributed by atoms with Crippen molar-refractivity contribution in [3.63, 3.8) is 0 Å². The normalized spacial score (nSPS) is 15.2. The summed E-state index contributed by atoms with van der Waals surface area (Å²) in [6, 6.07) is 12.8. The fourth-order valence-electron chi connectivity index (χ4n) is 3.53. The van der Waals surface area contributed by atoms with Gasteiger partial charge in [0.15, 0.2) is 0 Å². The monoisotopic (exact) mass is 444 g/mol. The standard InChI is InChI=1S/C21H24N4O3S2/c26-20(23-19-8-3-2-7-17(19)16-24-12-6-11-22-24)15-18-9-10-21(29-18)30(27,28)25-13-4-1-5-14-25/h2-3,6-12H,1,4-5,13-16H2,(H,23,26). The van der Waals surface area contributed by atoms with Crippen LogP contribution in [0.2, 0.25) is 0 Å². The molecule has 30 heavy (non-hydrogen) atoms. The molecule has 7 nitrogen and oxygen atoms in total. The predicted molar refractivity (Wildman–Crippen MR) is 117 cm³/mol. The van der Waals surface area contributed by atoms with E-state index in [9.17, 15) is 13.2 Å². The van der Waals surface area contributed by atoms with Crippen molar-refractivity contribution in [2.75, 3.05) is 18.4 Å². The fourth-order valence-corrected chi connectivity index (χ4v) is 6.55. The molecule has 0 unspecified atom stereocenters. The van der Waals surface area contributed by atoms with Gasteiger partial charge >= 0.3 is 0 Å². The Bertz CT molecular complexity index is 1100. The number of nitrogens with one attached hydrogen (secondary N) is 1. The average molecular weight is 445 g/mol. The van der Waals surface area contributed by atoms with Gasteiger partial charge in [0.2, 0.25) is 5.91 Å². The highest BCUT2D eigenvalue weighted by molar-refractivity contribution is 7.91. The molecular formula is C21H24N4O3S2. The highest BCUT2D eigenvalue weighted by atomic mass is 32.2. The third-order valence-corrected chi connectivity index (χ3v) is 8.52. The van der Waals surface area contributed by atoms with Crippen LogP contribution in [0.3, 0.4) is 0 Å². The van der Waals surface area contributed by atoms with Crippen molar-refractivity contribution in [1.29, 1.82) is 0 Å². The SMILES string of the molecule is O=C(Cc1ccc(S(=O)(=O)N2CCCCC2)s1)Nc1ccccc1Cn1cccn1. The van der Waals surface area contributed by atoms with Gasteiger partial charge in [-0.05, 0) is 42.7 Å². The highest BCUT2D eigenvalue weighted by Crippen LogP contribution is 2.27. The van der Waals surface area contributed by atoms with Crippen molar-refractivity contribution in [2.45, 2.75) is 36.4 Å². The third kappa shape index (κ3) is 4.80. The predicted octanol–water partition coefficient (Wildman–Crippen LogP) is 3.35. The van der Waals surface area contributed by atoms with E-state index in [1.165, 1.54) is 11.3 Å². The number of anilines is 1. The largest absolute Gasteiger partial charge is 0.325 e. The number of rotatable bonds is 7. The molecule has 1 N–H and O–H groups in total. The molecule has 158 valence electrons. The summed E-state index contributed by atoms with van der Waals surface area (Å²) in [4.78, 5) is 13.3. The molecule has 0 atom stereocenters. The summed E-state index contributed by atoms with van der Waals surface area (Å²) in [5.41, 5.74) is 1.69. The van der Waals surface area contributed by atoms with E-state index < -0.39 is 10.0 Å². The summed E-state index contributed by atoms with van der Waals surface area (Å²) in [6.07, 6.45) is 6.59. The number of hydrogen-bond donors (Lipinski definition) is 1. The first-order chi connectivity index (χ1) is 14.5. The Morgan fingerprint density at radius 2 is 1.87 bits per heavy atom. The van der Waals surface area contributed by atoms with E-state index in [1.54, 1.807) is 27.3 Å². The lowest BCUT2D eigenvalue weighted by atomic mass is 10.1. The Morgan fingerprint density at radius 1 is 1.07 bits per heavy atom. The first-order valence-corrected chi connectivity index (χ1v) is 12.2. The maximum absolute atomic E-state index is 12.8. The number of aromatic nitrogens is 2. The van der Waals surface area contributed by atoms with Gasteiger partial charge in [0, 0.05) is 36.0 Å². The van der Waals surface area contributed by atoms with Crippen LogP contribution in [0, 0.1) is 0 Å². The van der Waals surface area contributed by atoms with Crippen LogP contribution in [0.1, 0.15) is 29.7 Å². The second-order valence-corrected chi connectivity index (χ2v) is 10.6. The second kappa shape index (κ2) is 9.11. The van der Waals surface area contributed by atoms with Crippen LogP contribution in [0.15, 0.2) is 59.1 Å². The zero-order chi connectivity index (χ0) is 21.0. The van der Waals surface area contributed by atoms with Gasteiger partial charge in [0.25, 0.3) is 10.0 Å². The third-order valence-electron chi connectivity index (χ3n) is 5.06. The van der Waals surface area contributed by atoms with Gasteiger partial charge in [-0.2, -0.15) is 9.40 Å². The van der Waals surface area contributed by atoms with Gasteiger partial charge in [-0.1, -0.05) is 24.6 Å². The first-order valence-electron chi connectivity index (χ1n) is 9.96. The van der Waals surface area contributed by atoms with E-state index in [0.717, 1.165) is 35.4 Å². The number of para-hydroxylation sites is 1. The summed E-state index contributed by atoms with van der Waals surface area (Å²) < 4.78 is 29.3. The molecule has 2 aromatic heterocycles. The Kier molecular flexibility index (Phi) is 6.31. The number of carbonyl (C=O) groups is 1. The van der Waals surface area contributed by atoms with Crippen molar-refractivity contribution >= 4 is 33.0 Å². The van der Waals surface area contributed by atoms with E-state index in [-0.39, 0.29) is 12.3 Å². The van der Waals surface area contributed by atoms with Gasteiger partial charge in [-0.15, -0.1) is 11.3 Å². The lowest BCUT2D eigenvalue weighted by molar-refractivity contribution is -0.115. The molecule has 1 saturated heterocycles. The molecule has 0 spiro atoms. The summed E-state index contributed by atoms with van der Waals surface area (Å²) in [6.45, 7) is 1.70. The molecule has 9 heteroatoms. The second-order valence-electron chi connectivity index (χ2n) is 7.27. The molecule has 0 aliphatic carbocycles. The van der Waals surface area contributed by atoms with Gasteiger partial charge in [-0.25, -0.2) is 8.42 Å². The molecule has 3 heterocycles. The minimum absolute atomic E-state index is 0.135. The number of nitrogens with zero attached hydrogens (tertiary/aromatic N) is 3. The van der Waals surface area contributed by atoms with Crippen LogP contribution >= 0.6 is 11.3 Å². The molecule has 1 amide bonds. The molecule has 4 rings (SSSR count). The molecule has 1 aliphatic heterocycles. The lowest BCUT2D eigenvalue weighted by Crippen LogP contribution is -2.35. The van der Waals surface area contributed by atoms with Crippen molar-refractivity contribution in [3.8, 4) is 0 Å². The maximum Gasteiger partial charge on any atom is 0.252 e. The number of thiophene rings is 1. The minimum Gasteiger partial charge on any atom is -0.325 e. The maximum atomic E-state index is 12.8. The number of carbonyl (C=O) groups excluding carboxylic acids is 1. The van der Waals surface area contributed by atoms with Crippen molar-refractivity contribution in [3.05, 3.63) is 65.3 Å². The number of hydrogen-bond acceptors (Lipinski definition) is 5. The van der Waals surface area contributed by atoms with Gasteiger partial charge in [0.05, 0.1) is 13.0 Å². The summed E-state index contributed by atoms with van der Waals surface area (Å²) >= 11 is 1.18. The zero-order valence-corrected chi connectivity index (χ0v) is 18.2. The zero-order valence-electron chi connectivity index (χ0n) is 16.5. The minimum atomic E-state index is -3.46. The number of sulfonamides is 1. The number of benzene rings is 1. The van der Waals surface area contributed by atoms with Gasteiger partial charge in [-0.3, -0.25) is 9.48 Å². The van der Waals surface area contributed by atoms with Crippen LogP contribution in [-0.2, 0) is 27.8 Å². The molecular weight excluding hydrogens is 420 g/mol. The topological polar surface area (TPSA) is 84.3 Å². The van der Waals surface area contributed by atoms with Crippen LogP contribution in [0.25, 0.3) is 0 Å². The Morgan fingerprint density at radius 3 is 2.63 bits per heavy atom. The molecule has 1 aromatic carbocycles. The van der Waals surface area contributed by atoms with E-state index in [4.69, 9.17) is 0 Å². The average Bonchev–Trinajstić information content (AvgIpc) is 3.43. The molecule has 3 aromatic rings. The Hall–Kier alpha value is -2.49. The quantitative estimate of drug-likeness (QED) is 0.606. The Labute approximate surface area is 180 Å². The van der Waals surface area contributed by atoms with E-state index >= 15 is 0 Å². The van der Waals surface area contributed by atoms with Crippen LogP contribution < -0.4 is 5.32 Å². The van der Waals surface area contributed by atoms with Crippen molar-refractivity contribution in [2.24, 2.45) is 0 Å². The van der Waals surface area contributed by atoms with Crippen LogP contribution in [0.4, 0.5) is 5.69 Å². The summed E-state index contributed by atoms with van der Waals surface area (Å²) in [7, 11) is -3.46. The molecule has 1 aliphatic rings. The van der Waals surface area contributed by atoms with E-state index in [0.29, 0.717) is 23.8 Å². The molecule has 1 fully saturated rings. The van der Waals surface area contributed by atoms with Crippen LogP contribution in [0.5, 0.6) is 0 Å². The van der Waals surface area contributed by atoms with Crippen molar-refractivity contribution in [1.82, 2.24) is 14.1 Å². The van der Waals surface area contributed by atoms with Gasteiger partial charge < -0.3 is 5.32 Å². The highest BCUT2D eigenvalue weighted by Gasteiger charge is 2.27. The summed E-state index contributed by atoms with van der Waals surface area (Å²) in [5.74, 6) is -0.174. The number of amides is 1. The fraction of sp³-hybridized carbons (Fsp3) is 0.333. The molecule has 0 saturated carbocycles. The molecule has 0 bridgehead atoms.